The number of hydrogen-bond donors (Lipinski definition) is 0. The zero-order chi connectivity index (χ0) is 13.4. The third-order valence-corrected chi connectivity index (χ3v) is 2.78. The van der Waals surface area contributed by atoms with Gasteiger partial charge in [0.05, 0.1) is 12.7 Å². The summed E-state index contributed by atoms with van der Waals surface area (Å²) in [6, 6.07) is 11.2. The van der Waals surface area contributed by atoms with Crippen LogP contribution in [0, 0.1) is 11.3 Å². The number of hydrogen-bond acceptors (Lipinski definition) is 4. The van der Waals surface area contributed by atoms with Gasteiger partial charge in [-0.25, -0.2) is 4.79 Å². The Morgan fingerprint density at radius 1 is 1.39 bits per heavy atom. The number of rotatable bonds is 6. The van der Waals surface area contributed by atoms with Gasteiger partial charge in [0, 0.05) is 20.0 Å². The van der Waals surface area contributed by atoms with E-state index < -0.39 is 11.6 Å². The molecule has 0 bridgehead atoms. The molecule has 0 amide bonds. The van der Waals surface area contributed by atoms with Gasteiger partial charge in [-0.1, -0.05) is 30.3 Å². The second-order valence-corrected chi connectivity index (χ2v) is 3.78. The molecule has 0 saturated carbocycles. The average molecular weight is 247 g/mol. The van der Waals surface area contributed by atoms with Gasteiger partial charge in [-0.2, -0.15) is 5.26 Å². The van der Waals surface area contributed by atoms with E-state index in [1.807, 2.05) is 24.3 Å². The van der Waals surface area contributed by atoms with E-state index in [0.717, 1.165) is 0 Å². The Balaban J connectivity index is 3.14. The second kappa shape index (κ2) is 6.77. The first-order chi connectivity index (χ1) is 8.71. The summed E-state index contributed by atoms with van der Waals surface area (Å²) in [6.45, 7) is 2.02. The molecule has 1 rings (SSSR count). The third-order valence-electron chi connectivity index (χ3n) is 2.78. The summed E-state index contributed by atoms with van der Waals surface area (Å²) in [4.78, 5) is 12.1. The highest BCUT2D eigenvalue weighted by Crippen LogP contribution is 2.31. The van der Waals surface area contributed by atoms with Crippen molar-refractivity contribution in [3.05, 3.63) is 35.9 Å². The molecular formula is C14H17NO3. The fourth-order valence-corrected chi connectivity index (χ4v) is 1.85. The minimum atomic E-state index is -1.19. The Bertz CT molecular complexity index is 424. The normalized spacial score (nSPS) is 13.4. The molecule has 0 N–H and O–H groups in total. The van der Waals surface area contributed by atoms with Crippen molar-refractivity contribution in [1.82, 2.24) is 0 Å². The fourth-order valence-electron chi connectivity index (χ4n) is 1.85. The zero-order valence-corrected chi connectivity index (χ0v) is 10.7. The SMILES string of the molecule is CCOC(=O)[C@@](CCC#N)(OC)c1ccccc1. The first kappa shape index (κ1) is 14.2. The van der Waals surface area contributed by atoms with Crippen molar-refractivity contribution in [2.75, 3.05) is 13.7 Å². The van der Waals surface area contributed by atoms with Gasteiger partial charge in [0.25, 0.3) is 0 Å². The molecule has 0 aliphatic carbocycles. The van der Waals surface area contributed by atoms with Crippen LogP contribution in [0.4, 0.5) is 0 Å². The maximum Gasteiger partial charge on any atom is 0.343 e. The number of benzene rings is 1. The van der Waals surface area contributed by atoms with E-state index >= 15 is 0 Å². The maximum absolute atomic E-state index is 12.1. The van der Waals surface area contributed by atoms with Gasteiger partial charge < -0.3 is 9.47 Å². The summed E-state index contributed by atoms with van der Waals surface area (Å²) in [5.41, 5.74) is -0.478. The van der Waals surface area contributed by atoms with E-state index in [9.17, 15) is 4.79 Å². The molecule has 4 nitrogen and oxygen atoms in total. The van der Waals surface area contributed by atoms with Crippen LogP contribution in [-0.2, 0) is 19.9 Å². The van der Waals surface area contributed by atoms with Crippen molar-refractivity contribution in [3.8, 4) is 6.07 Å². The van der Waals surface area contributed by atoms with Gasteiger partial charge >= 0.3 is 5.97 Å². The summed E-state index contributed by atoms with van der Waals surface area (Å²) in [5.74, 6) is -0.450. The van der Waals surface area contributed by atoms with Crippen LogP contribution in [-0.4, -0.2) is 19.7 Å². The van der Waals surface area contributed by atoms with Crippen LogP contribution in [0.1, 0.15) is 25.3 Å². The summed E-state index contributed by atoms with van der Waals surface area (Å²) in [7, 11) is 1.46. The molecule has 18 heavy (non-hydrogen) atoms. The number of methoxy groups -OCH3 is 1. The van der Waals surface area contributed by atoms with Crippen LogP contribution in [0.3, 0.4) is 0 Å². The first-order valence-electron chi connectivity index (χ1n) is 5.86. The molecule has 0 saturated heterocycles. The van der Waals surface area contributed by atoms with E-state index in [1.54, 1.807) is 19.1 Å². The van der Waals surface area contributed by atoms with Crippen LogP contribution in [0.25, 0.3) is 0 Å². The fraction of sp³-hybridized carbons (Fsp3) is 0.429. The van der Waals surface area contributed by atoms with Crippen LogP contribution < -0.4 is 0 Å². The molecule has 1 aromatic rings. The van der Waals surface area contributed by atoms with Crippen molar-refractivity contribution < 1.29 is 14.3 Å². The molecule has 96 valence electrons. The van der Waals surface area contributed by atoms with Crippen molar-refractivity contribution in [2.45, 2.75) is 25.4 Å². The molecule has 1 atom stereocenters. The van der Waals surface area contributed by atoms with Crippen molar-refractivity contribution in [3.63, 3.8) is 0 Å². The molecular weight excluding hydrogens is 230 g/mol. The minimum Gasteiger partial charge on any atom is -0.464 e. The lowest BCUT2D eigenvalue weighted by molar-refractivity contribution is -0.171. The van der Waals surface area contributed by atoms with E-state index in [0.29, 0.717) is 5.56 Å². The predicted octanol–water partition coefficient (Wildman–Crippen LogP) is 2.40. The van der Waals surface area contributed by atoms with Crippen LogP contribution >= 0.6 is 0 Å². The Morgan fingerprint density at radius 3 is 2.56 bits per heavy atom. The Morgan fingerprint density at radius 2 is 2.06 bits per heavy atom. The third kappa shape index (κ3) is 2.88. The Labute approximate surface area is 107 Å². The molecule has 4 heteroatoms. The van der Waals surface area contributed by atoms with Gasteiger partial charge in [-0.15, -0.1) is 0 Å². The molecule has 0 aliphatic heterocycles. The minimum absolute atomic E-state index is 0.224. The predicted molar refractivity (Wildman–Crippen MR) is 66.6 cm³/mol. The Kier molecular flexibility index (Phi) is 5.34. The topological polar surface area (TPSA) is 59.3 Å². The van der Waals surface area contributed by atoms with Crippen molar-refractivity contribution in [1.29, 1.82) is 5.26 Å². The first-order valence-corrected chi connectivity index (χ1v) is 5.86. The number of esters is 1. The van der Waals surface area contributed by atoms with E-state index in [4.69, 9.17) is 14.7 Å². The number of ether oxygens (including phenoxy) is 2. The summed E-state index contributed by atoms with van der Waals surface area (Å²) < 4.78 is 10.5. The van der Waals surface area contributed by atoms with Crippen molar-refractivity contribution in [2.24, 2.45) is 0 Å². The summed E-state index contributed by atoms with van der Waals surface area (Å²) >= 11 is 0. The lowest BCUT2D eigenvalue weighted by Gasteiger charge is -2.29. The van der Waals surface area contributed by atoms with E-state index in [2.05, 4.69) is 0 Å². The molecule has 0 fully saturated rings. The highest BCUT2D eigenvalue weighted by molar-refractivity contribution is 5.81. The number of nitriles is 1. The molecule has 0 aromatic heterocycles. The van der Waals surface area contributed by atoms with Crippen molar-refractivity contribution >= 4 is 5.97 Å². The van der Waals surface area contributed by atoms with Gasteiger partial charge in [0.1, 0.15) is 0 Å². The lowest BCUT2D eigenvalue weighted by Crippen LogP contribution is -2.39. The maximum atomic E-state index is 12.1. The number of nitrogens with zero attached hydrogens (tertiary/aromatic N) is 1. The van der Waals surface area contributed by atoms with Crippen LogP contribution in [0.15, 0.2) is 30.3 Å². The van der Waals surface area contributed by atoms with E-state index in [-0.39, 0.29) is 19.4 Å². The largest absolute Gasteiger partial charge is 0.464 e. The number of carbonyl (C=O) groups excluding carboxylic acids is 1. The van der Waals surface area contributed by atoms with E-state index in [1.165, 1.54) is 7.11 Å². The highest BCUT2D eigenvalue weighted by atomic mass is 16.6. The molecule has 0 unspecified atom stereocenters. The van der Waals surface area contributed by atoms with Gasteiger partial charge in [-0.05, 0) is 12.5 Å². The standard InChI is InChI=1S/C14H17NO3/c1-3-18-13(16)14(17-2,10-7-11-15)12-8-5-4-6-9-12/h4-6,8-9H,3,7,10H2,1-2H3/t14-/m0/s1. The molecule has 0 aliphatic rings. The highest BCUT2D eigenvalue weighted by Gasteiger charge is 2.41. The number of carbonyl (C=O) groups is 1. The molecule has 0 heterocycles. The Hall–Kier alpha value is -1.86. The second-order valence-electron chi connectivity index (χ2n) is 3.78. The quantitative estimate of drug-likeness (QED) is 0.724. The monoisotopic (exact) mass is 247 g/mol. The molecule has 1 aromatic carbocycles. The zero-order valence-electron chi connectivity index (χ0n) is 10.7. The van der Waals surface area contributed by atoms with Crippen LogP contribution in [0.2, 0.25) is 0 Å². The molecule has 0 radical (unpaired) electrons. The smallest absolute Gasteiger partial charge is 0.343 e. The average Bonchev–Trinajstić information content (AvgIpc) is 2.42. The summed E-state index contributed by atoms with van der Waals surface area (Å²) in [6.07, 6.45) is 0.504. The van der Waals surface area contributed by atoms with Gasteiger partial charge in [-0.3, -0.25) is 0 Å². The van der Waals surface area contributed by atoms with Gasteiger partial charge in [0.15, 0.2) is 5.60 Å². The van der Waals surface area contributed by atoms with Crippen LogP contribution in [0.5, 0.6) is 0 Å². The lowest BCUT2D eigenvalue weighted by atomic mass is 9.89. The molecule has 0 spiro atoms. The van der Waals surface area contributed by atoms with Gasteiger partial charge in [0.2, 0.25) is 0 Å². The summed E-state index contributed by atoms with van der Waals surface area (Å²) in [5, 5.41) is 8.73.